The van der Waals surface area contributed by atoms with E-state index in [4.69, 9.17) is 11.5 Å². The number of aliphatic hydroxyl groups excluding tert-OH is 1. The number of hydrogen-bond acceptors (Lipinski definition) is 7. The molecule has 9 heteroatoms. The number of anilines is 2. The van der Waals surface area contributed by atoms with Crippen LogP contribution in [0.1, 0.15) is 29.4 Å². The van der Waals surface area contributed by atoms with Crippen LogP contribution in [-0.2, 0) is 0 Å². The number of alkyl halides is 2. The van der Waals surface area contributed by atoms with Crippen molar-refractivity contribution in [3.8, 4) is 11.3 Å². The van der Waals surface area contributed by atoms with Crippen molar-refractivity contribution in [3.63, 3.8) is 0 Å². The maximum Gasteiger partial charge on any atom is 0.248 e. The van der Waals surface area contributed by atoms with E-state index in [9.17, 15) is 13.9 Å². The predicted octanol–water partition coefficient (Wildman–Crippen LogP) is 3.65. The van der Waals surface area contributed by atoms with Gasteiger partial charge in [0.05, 0.1) is 22.4 Å². The summed E-state index contributed by atoms with van der Waals surface area (Å²) in [6.45, 7) is 0. The highest BCUT2D eigenvalue weighted by Crippen LogP contribution is 2.51. The van der Waals surface area contributed by atoms with Crippen LogP contribution in [0.25, 0.3) is 21.5 Å². The first-order valence-electron chi connectivity index (χ1n) is 8.72. The number of thiophene rings is 1. The molecule has 1 atom stereocenters. The third kappa shape index (κ3) is 3.20. The molecule has 1 aliphatic rings. The average molecular weight is 403 g/mol. The Morgan fingerprint density at radius 1 is 1.36 bits per heavy atom. The van der Waals surface area contributed by atoms with Gasteiger partial charge in [0.15, 0.2) is 0 Å². The molecular weight excluding hydrogens is 384 g/mol. The molecule has 5 N–H and O–H groups in total. The van der Waals surface area contributed by atoms with Gasteiger partial charge in [-0.15, -0.1) is 11.3 Å². The summed E-state index contributed by atoms with van der Waals surface area (Å²) in [6, 6.07) is 5.46. The number of aliphatic imine (C=N–C) groups is 1. The number of halogens is 2. The van der Waals surface area contributed by atoms with Crippen molar-refractivity contribution in [1.82, 2.24) is 9.97 Å². The molecule has 0 aliphatic heterocycles. The summed E-state index contributed by atoms with van der Waals surface area (Å²) in [5, 5.41) is 11.2. The molecule has 3 aromatic heterocycles. The Labute approximate surface area is 163 Å². The predicted molar refractivity (Wildman–Crippen MR) is 108 cm³/mol. The summed E-state index contributed by atoms with van der Waals surface area (Å²) in [4.78, 5) is 13.9. The second kappa shape index (κ2) is 6.75. The van der Waals surface area contributed by atoms with Crippen LogP contribution in [0.5, 0.6) is 0 Å². The van der Waals surface area contributed by atoms with Gasteiger partial charge in [0.1, 0.15) is 10.6 Å². The lowest BCUT2D eigenvalue weighted by Crippen LogP contribution is -2.38. The Kier molecular flexibility index (Phi) is 4.51. The number of pyridine rings is 2. The van der Waals surface area contributed by atoms with Gasteiger partial charge < -0.3 is 16.6 Å². The SMILES string of the molecule is CN=Cc1cc(-c2ccc3c(N)c(C(O)C4CC(F)(F)C4)sc3n2)cnc1N. The summed E-state index contributed by atoms with van der Waals surface area (Å²) in [7, 11) is 1.65. The Morgan fingerprint density at radius 2 is 2.11 bits per heavy atom. The second-order valence-electron chi connectivity index (χ2n) is 6.98. The lowest BCUT2D eigenvalue weighted by molar-refractivity contribution is -0.141. The van der Waals surface area contributed by atoms with Gasteiger partial charge in [-0.2, -0.15) is 0 Å². The molecule has 0 amide bonds. The summed E-state index contributed by atoms with van der Waals surface area (Å²) >= 11 is 1.23. The van der Waals surface area contributed by atoms with Crippen molar-refractivity contribution in [2.75, 3.05) is 18.5 Å². The Bertz CT molecular complexity index is 1070. The fraction of sp³-hybridized carbons (Fsp3) is 0.316. The minimum Gasteiger partial charge on any atom is -0.397 e. The van der Waals surface area contributed by atoms with Gasteiger partial charge >= 0.3 is 0 Å². The van der Waals surface area contributed by atoms with Gasteiger partial charge in [-0.3, -0.25) is 4.99 Å². The molecule has 1 aliphatic carbocycles. The van der Waals surface area contributed by atoms with Crippen molar-refractivity contribution in [3.05, 3.63) is 34.8 Å². The zero-order valence-corrected chi connectivity index (χ0v) is 15.9. The maximum atomic E-state index is 13.2. The lowest BCUT2D eigenvalue weighted by atomic mass is 9.77. The van der Waals surface area contributed by atoms with E-state index in [1.807, 2.05) is 12.1 Å². The maximum absolute atomic E-state index is 13.2. The molecule has 0 aromatic carbocycles. The standard InChI is InChI=1S/C19H19F2N5OS/c1-24-7-10-4-9(8-25-17(10)23)13-3-2-12-14(22)16(28-18(12)26-13)15(27)11-5-19(20,21)6-11/h2-4,7-8,11,15,27H,5-6,22H2,1H3,(H2,23,25). The highest BCUT2D eigenvalue weighted by Gasteiger charge is 2.49. The summed E-state index contributed by atoms with van der Waals surface area (Å²) in [5.41, 5.74) is 14.5. The van der Waals surface area contributed by atoms with E-state index in [0.717, 1.165) is 5.56 Å². The van der Waals surface area contributed by atoms with E-state index in [2.05, 4.69) is 15.0 Å². The van der Waals surface area contributed by atoms with Gasteiger partial charge in [-0.1, -0.05) is 0 Å². The van der Waals surface area contributed by atoms with Crippen molar-refractivity contribution < 1.29 is 13.9 Å². The number of aliphatic hydroxyl groups is 1. The van der Waals surface area contributed by atoms with Crippen LogP contribution in [0, 0.1) is 5.92 Å². The number of hydrogen-bond donors (Lipinski definition) is 3. The van der Waals surface area contributed by atoms with E-state index in [1.54, 1.807) is 25.5 Å². The Balaban J connectivity index is 1.70. The number of nitrogens with zero attached hydrogens (tertiary/aromatic N) is 3. The fourth-order valence-corrected chi connectivity index (χ4v) is 4.59. The number of fused-ring (bicyclic) bond motifs is 1. The summed E-state index contributed by atoms with van der Waals surface area (Å²) < 4.78 is 26.3. The van der Waals surface area contributed by atoms with E-state index in [-0.39, 0.29) is 12.8 Å². The van der Waals surface area contributed by atoms with Crippen LogP contribution in [0.2, 0.25) is 0 Å². The quantitative estimate of drug-likeness (QED) is 0.576. The van der Waals surface area contributed by atoms with Crippen molar-refractivity contribution in [2.45, 2.75) is 24.9 Å². The van der Waals surface area contributed by atoms with Crippen LogP contribution >= 0.6 is 11.3 Å². The molecule has 1 unspecified atom stereocenters. The van der Waals surface area contributed by atoms with E-state index in [1.165, 1.54) is 11.3 Å². The van der Waals surface area contributed by atoms with Crippen molar-refractivity contribution in [1.29, 1.82) is 0 Å². The molecule has 0 radical (unpaired) electrons. The van der Waals surface area contributed by atoms with Crippen LogP contribution < -0.4 is 11.5 Å². The molecule has 6 nitrogen and oxygen atoms in total. The monoisotopic (exact) mass is 403 g/mol. The smallest absolute Gasteiger partial charge is 0.248 e. The molecule has 1 fully saturated rings. The van der Waals surface area contributed by atoms with Crippen LogP contribution in [-0.4, -0.2) is 34.3 Å². The van der Waals surface area contributed by atoms with Gasteiger partial charge in [-0.05, 0) is 18.2 Å². The first-order chi connectivity index (χ1) is 13.3. The molecular formula is C19H19F2N5OS. The highest BCUT2D eigenvalue weighted by molar-refractivity contribution is 7.19. The van der Waals surface area contributed by atoms with Crippen LogP contribution in [0.3, 0.4) is 0 Å². The number of nitrogen functional groups attached to an aromatic ring is 2. The molecule has 1 saturated carbocycles. The minimum absolute atomic E-state index is 0.320. The van der Waals surface area contributed by atoms with Gasteiger partial charge in [0.2, 0.25) is 5.92 Å². The third-order valence-corrected chi connectivity index (χ3v) is 6.16. The molecule has 3 heterocycles. The molecule has 0 bridgehead atoms. The van der Waals surface area contributed by atoms with E-state index in [0.29, 0.717) is 37.9 Å². The normalized spacial score (nSPS) is 17.9. The van der Waals surface area contributed by atoms with Gasteiger partial charge in [-0.25, -0.2) is 18.7 Å². The highest BCUT2D eigenvalue weighted by atomic mass is 32.1. The van der Waals surface area contributed by atoms with Crippen LogP contribution in [0.15, 0.2) is 29.4 Å². The van der Waals surface area contributed by atoms with Crippen LogP contribution in [0.4, 0.5) is 20.3 Å². The van der Waals surface area contributed by atoms with Gasteiger partial charge in [0.25, 0.3) is 0 Å². The zero-order valence-electron chi connectivity index (χ0n) is 15.1. The average Bonchev–Trinajstić information content (AvgIpc) is 2.97. The molecule has 146 valence electrons. The number of aromatic nitrogens is 2. The summed E-state index contributed by atoms with van der Waals surface area (Å²) in [5.74, 6) is -2.80. The second-order valence-corrected chi connectivity index (χ2v) is 8.01. The minimum atomic E-state index is -2.69. The largest absolute Gasteiger partial charge is 0.397 e. The Morgan fingerprint density at radius 3 is 2.79 bits per heavy atom. The molecule has 4 rings (SSSR count). The van der Waals surface area contributed by atoms with Gasteiger partial charge in [0, 0.05) is 54.7 Å². The fourth-order valence-electron chi connectivity index (χ4n) is 3.42. The van der Waals surface area contributed by atoms with E-state index < -0.39 is 17.9 Å². The first kappa shape index (κ1) is 18.7. The molecule has 0 spiro atoms. The van der Waals surface area contributed by atoms with Crippen molar-refractivity contribution in [2.24, 2.45) is 10.9 Å². The number of nitrogens with two attached hydrogens (primary N) is 2. The molecule has 3 aromatic rings. The topological polar surface area (TPSA) is 110 Å². The molecule has 28 heavy (non-hydrogen) atoms. The number of rotatable bonds is 4. The lowest BCUT2D eigenvalue weighted by Gasteiger charge is -2.37. The Hall–Kier alpha value is -2.65. The van der Waals surface area contributed by atoms with E-state index >= 15 is 0 Å². The molecule has 0 saturated heterocycles. The first-order valence-corrected chi connectivity index (χ1v) is 9.53. The summed E-state index contributed by atoms with van der Waals surface area (Å²) in [6.07, 6.45) is 1.60. The third-order valence-electron chi connectivity index (χ3n) is 4.97. The zero-order chi connectivity index (χ0) is 20.1. The van der Waals surface area contributed by atoms with Crippen molar-refractivity contribution >= 4 is 39.3 Å².